The first-order chi connectivity index (χ1) is 9.99. The number of para-hydroxylation sites is 1. The van der Waals surface area contributed by atoms with Gasteiger partial charge in [-0.15, -0.1) is 0 Å². The number of benzene rings is 1. The van der Waals surface area contributed by atoms with Crippen molar-refractivity contribution in [1.82, 2.24) is 4.90 Å². The molecule has 1 aliphatic heterocycles. The van der Waals surface area contributed by atoms with E-state index in [0.717, 1.165) is 23.2 Å². The van der Waals surface area contributed by atoms with Gasteiger partial charge in [0.05, 0.1) is 13.0 Å². The number of anilines is 1. The van der Waals surface area contributed by atoms with Crippen molar-refractivity contribution in [3.63, 3.8) is 0 Å². The van der Waals surface area contributed by atoms with Crippen molar-refractivity contribution in [1.29, 1.82) is 0 Å². The number of rotatable bonds is 6. The minimum atomic E-state index is -0.767. The van der Waals surface area contributed by atoms with E-state index in [0.29, 0.717) is 19.6 Å². The predicted molar refractivity (Wildman–Crippen MR) is 81.4 cm³/mol. The number of aliphatic carboxylic acids is 1. The third kappa shape index (κ3) is 4.04. The molecule has 0 spiro atoms. The lowest BCUT2D eigenvalue weighted by Gasteiger charge is -2.37. The number of aryl methyl sites for hydroxylation is 2. The Kier molecular flexibility index (Phi) is 4.96. The number of carbonyl (C=O) groups excluding carboxylic acids is 1. The largest absolute Gasteiger partial charge is 0.481 e. The Morgan fingerprint density at radius 2 is 2.10 bits per heavy atom. The SMILES string of the molecule is CCc1cccc(C)c1NC(=O)CN1CC(CC(=O)O)C1. The number of nitrogens with zero attached hydrogens (tertiary/aromatic N) is 1. The quantitative estimate of drug-likeness (QED) is 0.839. The van der Waals surface area contributed by atoms with E-state index < -0.39 is 5.97 Å². The summed E-state index contributed by atoms with van der Waals surface area (Å²) in [6.07, 6.45) is 1.07. The number of likely N-dealkylation sites (tertiary alicyclic amines) is 1. The van der Waals surface area contributed by atoms with E-state index in [2.05, 4.69) is 12.2 Å². The molecule has 1 aliphatic rings. The van der Waals surface area contributed by atoms with Crippen LogP contribution in [0.1, 0.15) is 24.5 Å². The second kappa shape index (κ2) is 6.72. The molecule has 2 N–H and O–H groups in total. The third-order valence-electron chi connectivity index (χ3n) is 3.87. The normalized spacial score (nSPS) is 15.5. The number of hydrogen-bond donors (Lipinski definition) is 2. The topological polar surface area (TPSA) is 69.6 Å². The fraction of sp³-hybridized carbons (Fsp3) is 0.500. The van der Waals surface area contributed by atoms with Crippen molar-refractivity contribution in [2.75, 3.05) is 25.0 Å². The Bertz CT molecular complexity index is 536. The zero-order chi connectivity index (χ0) is 15.4. The molecule has 0 unspecified atom stereocenters. The Balaban J connectivity index is 1.85. The predicted octanol–water partition coefficient (Wildman–Crippen LogP) is 1.90. The zero-order valence-electron chi connectivity index (χ0n) is 12.6. The lowest BCUT2D eigenvalue weighted by atomic mass is 9.96. The maximum absolute atomic E-state index is 12.1. The van der Waals surface area contributed by atoms with Crippen LogP contribution in [-0.2, 0) is 16.0 Å². The van der Waals surface area contributed by atoms with Crippen LogP contribution in [0.25, 0.3) is 0 Å². The summed E-state index contributed by atoms with van der Waals surface area (Å²) in [5, 5.41) is 11.7. The molecule has 0 aromatic heterocycles. The van der Waals surface area contributed by atoms with Gasteiger partial charge in [0.15, 0.2) is 0 Å². The van der Waals surface area contributed by atoms with Crippen LogP contribution in [0.15, 0.2) is 18.2 Å². The van der Waals surface area contributed by atoms with Gasteiger partial charge in [-0.1, -0.05) is 25.1 Å². The fourth-order valence-corrected chi connectivity index (χ4v) is 2.77. The maximum Gasteiger partial charge on any atom is 0.303 e. The molecule has 1 amide bonds. The first-order valence-corrected chi connectivity index (χ1v) is 7.32. The second-order valence-electron chi connectivity index (χ2n) is 5.67. The van der Waals surface area contributed by atoms with Gasteiger partial charge in [-0.25, -0.2) is 0 Å². The van der Waals surface area contributed by atoms with Crippen LogP contribution in [-0.4, -0.2) is 41.5 Å². The van der Waals surface area contributed by atoms with Crippen LogP contribution in [0.2, 0.25) is 0 Å². The first-order valence-electron chi connectivity index (χ1n) is 7.32. The van der Waals surface area contributed by atoms with Gasteiger partial charge in [-0.05, 0) is 30.4 Å². The van der Waals surface area contributed by atoms with E-state index in [1.165, 1.54) is 0 Å². The van der Waals surface area contributed by atoms with Crippen LogP contribution in [0.4, 0.5) is 5.69 Å². The minimum Gasteiger partial charge on any atom is -0.481 e. The summed E-state index contributed by atoms with van der Waals surface area (Å²) in [6.45, 7) is 5.76. The molecule has 5 heteroatoms. The number of carboxylic acid groups (broad SMARTS) is 1. The molecular formula is C16H22N2O3. The van der Waals surface area contributed by atoms with Crippen LogP contribution in [0, 0.1) is 12.8 Å². The molecule has 1 fully saturated rings. The third-order valence-corrected chi connectivity index (χ3v) is 3.87. The fourth-order valence-electron chi connectivity index (χ4n) is 2.77. The highest BCUT2D eigenvalue weighted by Gasteiger charge is 2.29. The summed E-state index contributed by atoms with van der Waals surface area (Å²) in [5.74, 6) is -0.621. The lowest BCUT2D eigenvalue weighted by molar-refractivity contribution is -0.139. The van der Waals surface area contributed by atoms with Crippen molar-refractivity contribution in [3.8, 4) is 0 Å². The second-order valence-corrected chi connectivity index (χ2v) is 5.67. The summed E-state index contributed by atoms with van der Waals surface area (Å²) in [6, 6.07) is 6.01. The molecule has 1 aromatic rings. The van der Waals surface area contributed by atoms with Crippen molar-refractivity contribution in [2.45, 2.75) is 26.7 Å². The summed E-state index contributed by atoms with van der Waals surface area (Å²) >= 11 is 0. The molecule has 5 nitrogen and oxygen atoms in total. The number of carboxylic acids is 1. The average Bonchev–Trinajstić information content (AvgIpc) is 2.38. The van der Waals surface area contributed by atoms with E-state index in [4.69, 9.17) is 5.11 Å². The summed E-state index contributed by atoms with van der Waals surface area (Å²) in [5.41, 5.74) is 3.11. The van der Waals surface area contributed by atoms with Gasteiger partial charge in [-0.3, -0.25) is 14.5 Å². The molecule has 0 radical (unpaired) electrons. The van der Waals surface area contributed by atoms with E-state index >= 15 is 0 Å². The summed E-state index contributed by atoms with van der Waals surface area (Å²) in [4.78, 5) is 24.7. The molecule has 21 heavy (non-hydrogen) atoms. The Labute approximate surface area is 125 Å². The van der Waals surface area contributed by atoms with Crippen LogP contribution in [0.3, 0.4) is 0 Å². The van der Waals surface area contributed by atoms with E-state index in [1.54, 1.807) is 0 Å². The van der Waals surface area contributed by atoms with Gasteiger partial charge in [-0.2, -0.15) is 0 Å². The van der Waals surface area contributed by atoms with Gasteiger partial charge < -0.3 is 10.4 Å². The molecule has 0 atom stereocenters. The van der Waals surface area contributed by atoms with Crippen molar-refractivity contribution in [3.05, 3.63) is 29.3 Å². The molecule has 0 aliphatic carbocycles. The number of hydrogen-bond acceptors (Lipinski definition) is 3. The molecule has 2 rings (SSSR count). The standard InChI is InChI=1S/C16H22N2O3/c1-3-13-6-4-5-11(2)16(13)17-14(19)10-18-8-12(9-18)7-15(20)21/h4-6,12H,3,7-10H2,1-2H3,(H,17,19)(H,20,21). The molecule has 114 valence electrons. The minimum absolute atomic E-state index is 0.0345. The molecule has 1 heterocycles. The average molecular weight is 290 g/mol. The summed E-state index contributed by atoms with van der Waals surface area (Å²) < 4.78 is 0. The maximum atomic E-state index is 12.1. The smallest absolute Gasteiger partial charge is 0.303 e. The van der Waals surface area contributed by atoms with Crippen LogP contribution in [0.5, 0.6) is 0 Å². The van der Waals surface area contributed by atoms with E-state index in [9.17, 15) is 9.59 Å². The Morgan fingerprint density at radius 1 is 1.38 bits per heavy atom. The lowest BCUT2D eigenvalue weighted by Crippen LogP contribution is -2.50. The Hall–Kier alpha value is -1.88. The van der Waals surface area contributed by atoms with Crippen molar-refractivity contribution >= 4 is 17.6 Å². The molecule has 0 bridgehead atoms. The number of amides is 1. The van der Waals surface area contributed by atoms with Crippen molar-refractivity contribution in [2.24, 2.45) is 5.92 Å². The van der Waals surface area contributed by atoms with Crippen LogP contribution >= 0.6 is 0 Å². The molecule has 1 saturated heterocycles. The Morgan fingerprint density at radius 3 is 2.71 bits per heavy atom. The highest BCUT2D eigenvalue weighted by molar-refractivity contribution is 5.93. The van der Waals surface area contributed by atoms with E-state index in [1.807, 2.05) is 30.0 Å². The molecule has 0 saturated carbocycles. The highest BCUT2D eigenvalue weighted by atomic mass is 16.4. The van der Waals surface area contributed by atoms with Gasteiger partial charge in [0, 0.05) is 18.8 Å². The van der Waals surface area contributed by atoms with Gasteiger partial charge in [0.25, 0.3) is 0 Å². The first kappa shape index (κ1) is 15.5. The van der Waals surface area contributed by atoms with Crippen molar-refractivity contribution < 1.29 is 14.7 Å². The van der Waals surface area contributed by atoms with Gasteiger partial charge in [0.1, 0.15) is 0 Å². The monoisotopic (exact) mass is 290 g/mol. The van der Waals surface area contributed by atoms with Gasteiger partial charge in [0.2, 0.25) is 5.91 Å². The number of carbonyl (C=O) groups is 2. The summed E-state index contributed by atoms with van der Waals surface area (Å²) in [7, 11) is 0. The van der Waals surface area contributed by atoms with Gasteiger partial charge >= 0.3 is 5.97 Å². The highest BCUT2D eigenvalue weighted by Crippen LogP contribution is 2.22. The molecule has 1 aromatic carbocycles. The number of nitrogens with one attached hydrogen (secondary N) is 1. The van der Waals surface area contributed by atoms with Crippen LogP contribution < -0.4 is 5.32 Å². The van der Waals surface area contributed by atoms with E-state index in [-0.39, 0.29) is 18.2 Å². The zero-order valence-corrected chi connectivity index (χ0v) is 12.6. The molecular weight excluding hydrogens is 268 g/mol.